The summed E-state index contributed by atoms with van der Waals surface area (Å²) in [6, 6.07) is 6.05. The van der Waals surface area contributed by atoms with Crippen molar-refractivity contribution < 1.29 is 5.11 Å². The number of aliphatic hydroxyl groups is 1. The lowest BCUT2D eigenvalue weighted by atomic mass is 10.2. The predicted molar refractivity (Wildman–Crippen MR) is 59.1 cm³/mol. The van der Waals surface area contributed by atoms with E-state index >= 15 is 0 Å². The Hall–Kier alpha value is -0.730. The topological polar surface area (TPSA) is 23.5 Å². The summed E-state index contributed by atoms with van der Waals surface area (Å²) >= 11 is 5.95. The molecule has 0 saturated heterocycles. The molecule has 0 amide bonds. The number of hydrogen-bond donors (Lipinski definition) is 1. The predicted octanol–water partition coefficient (Wildman–Crippen LogP) is 2.08. The van der Waals surface area contributed by atoms with E-state index in [0.717, 1.165) is 31.0 Å². The van der Waals surface area contributed by atoms with Crippen molar-refractivity contribution in [3.63, 3.8) is 0 Å². The van der Waals surface area contributed by atoms with Crippen molar-refractivity contribution in [2.75, 3.05) is 24.6 Å². The van der Waals surface area contributed by atoms with Gasteiger partial charge in [0.25, 0.3) is 0 Å². The third-order valence-corrected chi connectivity index (χ3v) is 2.86. The fourth-order valence-electron chi connectivity index (χ4n) is 1.91. The summed E-state index contributed by atoms with van der Waals surface area (Å²) in [4.78, 5) is 2.29. The van der Waals surface area contributed by atoms with Gasteiger partial charge in [0.2, 0.25) is 0 Å². The van der Waals surface area contributed by atoms with Crippen LogP contribution in [0.2, 0.25) is 5.02 Å². The molecule has 3 heteroatoms. The van der Waals surface area contributed by atoms with Crippen molar-refractivity contribution in [2.24, 2.45) is 0 Å². The third-order valence-electron chi connectivity index (χ3n) is 2.63. The molecule has 0 aliphatic carbocycles. The molecule has 1 aliphatic rings. The lowest BCUT2D eigenvalue weighted by molar-refractivity contribution is 0.290. The van der Waals surface area contributed by atoms with Gasteiger partial charge in [-0.3, -0.25) is 0 Å². The van der Waals surface area contributed by atoms with E-state index in [2.05, 4.69) is 11.0 Å². The second-order valence-electron chi connectivity index (χ2n) is 3.59. The minimum Gasteiger partial charge on any atom is -0.396 e. The van der Waals surface area contributed by atoms with Gasteiger partial charge in [-0.15, -0.1) is 0 Å². The molecule has 0 aromatic heterocycles. The molecular weight excluding hydrogens is 198 g/mol. The largest absolute Gasteiger partial charge is 0.396 e. The van der Waals surface area contributed by atoms with Crippen molar-refractivity contribution in [3.05, 3.63) is 28.8 Å². The van der Waals surface area contributed by atoms with Crippen LogP contribution in [0.15, 0.2) is 18.2 Å². The van der Waals surface area contributed by atoms with Crippen LogP contribution in [0.25, 0.3) is 0 Å². The second-order valence-corrected chi connectivity index (χ2v) is 4.02. The van der Waals surface area contributed by atoms with Crippen LogP contribution in [0.3, 0.4) is 0 Å². The molecular formula is C11H14ClNO. The molecule has 0 saturated carbocycles. The van der Waals surface area contributed by atoms with Gasteiger partial charge in [-0.1, -0.05) is 17.7 Å². The van der Waals surface area contributed by atoms with Gasteiger partial charge in [0, 0.05) is 30.4 Å². The number of hydrogen-bond acceptors (Lipinski definition) is 2. The van der Waals surface area contributed by atoms with E-state index in [9.17, 15) is 0 Å². The quantitative estimate of drug-likeness (QED) is 0.828. The van der Waals surface area contributed by atoms with Crippen LogP contribution < -0.4 is 4.90 Å². The van der Waals surface area contributed by atoms with Crippen LogP contribution in [-0.4, -0.2) is 24.8 Å². The minimum absolute atomic E-state index is 0.256. The van der Waals surface area contributed by atoms with Gasteiger partial charge in [-0.25, -0.2) is 0 Å². The maximum Gasteiger partial charge on any atom is 0.0447 e. The van der Waals surface area contributed by atoms with E-state index in [-0.39, 0.29) is 6.61 Å². The average molecular weight is 212 g/mol. The van der Waals surface area contributed by atoms with Crippen LogP contribution in [0.5, 0.6) is 0 Å². The molecule has 1 N–H and O–H groups in total. The molecule has 0 bridgehead atoms. The molecule has 0 radical (unpaired) electrons. The summed E-state index contributed by atoms with van der Waals surface area (Å²) in [5, 5.41) is 9.57. The van der Waals surface area contributed by atoms with Crippen LogP contribution in [-0.2, 0) is 6.42 Å². The summed E-state index contributed by atoms with van der Waals surface area (Å²) in [7, 11) is 0. The molecule has 0 atom stereocenters. The number of fused-ring (bicyclic) bond motifs is 1. The molecule has 0 unspecified atom stereocenters. The first-order valence-corrected chi connectivity index (χ1v) is 5.33. The van der Waals surface area contributed by atoms with E-state index in [1.54, 1.807) is 0 Å². The zero-order valence-electron chi connectivity index (χ0n) is 8.04. The van der Waals surface area contributed by atoms with Crippen molar-refractivity contribution in [1.82, 2.24) is 0 Å². The van der Waals surface area contributed by atoms with Crippen LogP contribution in [0.1, 0.15) is 12.0 Å². The number of benzene rings is 1. The fraction of sp³-hybridized carbons (Fsp3) is 0.455. The highest BCUT2D eigenvalue weighted by Crippen LogP contribution is 2.30. The summed E-state index contributed by atoms with van der Waals surface area (Å²) in [5.41, 5.74) is 2.61. The normalized spacial score (nSPS) is 14.6. The first-order valence-electron chi connectivity index (χ1n) is 4.95. The van der Waals surface area contributed by atoms with Gasteiger partial charge < -0.3 is 10.0 Å². The summed E-state index contributed by atoms with van der Waals surface area (Å²) in [5.74, 6) is 0. The lowest BCUT2D eigenvalue weighted by Crippen LogP contribution is -2.22. The van der Waals surface area contributed by atoms with E-state index in [0.29, 0.717) is 0 Å². The molecule has 1 aliphatic heterocycles. The van der Waals surface area contributed by atoms with Gasteiger partial charge in [-0.2, -0.15) is 0 Å². The fourth-order valence-corrected chi connectivity index (χ4v) is 2.08. The van der Waals surface area contributed by atoms with E-state index in [4.69, 9.17) is 16.7 Å². The van der Waals surface area contributed by atoms with E-state index < -0.39 is 0 Å². The molecule has 76 valence electrons. The summed E-state index contributed by atoms with van der Waals surface area (Å²) in [6.45, 7) is 2.23. The monoisotopic (exact) mass is 211 g/mol. The van der Waals surface area contributed by atoms with Gasteiger partial charge in [0.15, 0.2) is 0 Å². The molecule has 1 aromatic carbocycles. The van der Waals surface area contributed by atoms with Crippen LogP contribution in [0.4, 0.5) is 5.69 Å². The zero-order valence-corrected chi connectivity index (χ0v) is 8.80. The standard InChI is InChI=1S/C11H14ClNO/c12-10-3-2-9-4-6-13(5-1-7-14)11(9)8-10/h2-3,8,14H,1,4-7H2. The maximum absolute atomic E-state index is 8.78. The van der Waals surface area contributed by atoms with Crippen molar-refractivity contribution in [3.8, 4) is 0 Å². The number of aliphatic hydroxyl groups excluding tert-OH is 1. The maximum atomic E-state index is 8.78. The molecule has 2 nitrogen and oxygen atoms in total. The number of nitrogens with zero attached hydrogens (tertiary/aromatic N) is 1. The highest BCUT2D eigenvalue weighted by atomic mass is 35.5. The number of rotatable bonds is 3. The molecule has 1 aromatic rings. The third kappa shape index (κ3) is 1.86. The molecule has 0 fully saturated rings. The van der Waals surface area contributed by atoms with Crippen LogP contribution >= 0.6 is 11.6 Å². The van der Waals surface area contributed by atoms with Crippen molar-refractivity contribution in [2.45, 2.75) is 12.8 Å². The minimum atomic E-state index is 0.256. The molecule has 14 heavy (non-hydrogen) atoms. The lowest BCUT2D eigenvalue weighted by Gasteiger charge is -2.18. The average Bonchev–Trinajstić information content (AvgIpc) is 2.57. The summed E-state index contributed by atoms with van der Waals surface area (Å²) in [6.07, 6.45) is 1.92. The Morgan fingerprint density at radius 3 is 3.07 bits per heavy atom. The Morgan fingerprint density at radius 1 is 1.43 bits per heavy atom. The van der Waals surface area contributed by atoms with Crippen molar-refractivity contribution in [1.29, 1.82) is 0 Å². The SMILES string of the molecule is OCCCN1CCc2ccc(Cl)cc21. The first-order chi connectivity index (χ1) is 6.81. The van der Waals surface area contributed by atoms with E-state index in [1.165, 1.54) is 11.3 Å². The van der Waals surface area contributed by atoms with Gasteiger partial charge >= 0.3 is 0 Å². The Kier molecular flexibility index (Phi) is 2.94. The Balaban J connectivity index is 2.16. The first kappa shape index (κ1) is 9.81. The molecule has 2 rings (SSSR count). The molecule has 0 spiro atoms. The van der Waals surface area contributed by atoms with Gasteiger partial charge in [0.1, 0.15) is 0 Å². The van der Waals surface area contributed by atoms with Crippen molar-refractivity contribution >= 4 is 17.3 Å². The van der Waals surface area contributed by atoms with Crippen LogP contribution in [0, 0.1) is 0 Å². The Labute approximate surface area is 89.1 Å². The smallest absolute Gasteiger partial charge is 0.0447 e. The Bertz CT molecular complexity index is 327. The van der Waals surface area contributed by atoms with Gasteiger partial charge in [-0.05, 0) is 30.5 Å². The van der Waals surface area contributed by atoms with E-state index in [1.807, 2.05) is 12.1 Å². The van der Waals surface area contributed by atoms with Gasteiger partial charge in [0.05, 0.1) is 0 Å². The highest BCUT2D eigenvalue weighted by Gasteiger charge is 2.18. The summed E-state index contributed by atoms with van der Waals surface area (Å²) < 4.78 is 0. The number of halogens is 1. The highest BCUT2D eigenvalue weighted by molar-refractivity contribution is 6.30. The second kappa shape index (κ2) is 4.20. The number of anilines is 1. The Morgan fingerprint density at radius 2 is 2.29 bits per heavy atom. The zero-order chi connectivity index (χ0) is 9.97. The molecule has 1 heterocycles.